The van der Waals surface area contributed by atoms with Crippen LogP contribution in [-0.4, -0.2) is 70.7 Å². The van der Waals surface area contributed by atoms with Crippen LogP contribution in [0, 0.1) is 0 Å². The molecule has 7 rings (SSSR count). The van der Waals surface area contributed by atoms with E-state index < -0.39 is 6.29 Å². The molecule has 0 radical (unpaired) electrons. The minimum absolute atomic E-state index is 0.0306. The third-order valence-electron chi connectivity index (χ3n) is 10.0. The number of carbonyl (C=O) groups excluding carboxylic acids is 1. The molecular formula is C40H46N4O4. The maximum Gasteiger partial charge on any atom is 0.253 e. The molecule has 0 bridgehead atoms. The van der Waals surface area contributed by atoms with Gasteiger partial charge in [0.2, 0.25) is 0 Å². The lowest BCUT2D eigenvalue weighted by molar-refractivity contribution is -0.253. The van der Waals surface area contributed by atoms with Crippen molar-refractivity contribution in [1.82, 2.24) is 20.1 Å². The number of amides is 1. The number of carbonyl (C=O) groups is 1. The van der Waals surface area contributed by atoms with Crippen molar-refractivity contribution < 1.29 is 19.4 Å². The highest BCUT2D eigenvalue weighted by atomic mass is 16.7. The summed E-state index contributed by atoms with van der Waals surface area (Å²) >= 11 is 0. The number of nitrogens with zero attached hydrogens (tertiary/aromatic N) is 3. The summed E-state index contributed by atoms with van der Waals surface area (Å²) in [6, 6.07) is 28.9. The van der Waals surface area contributed by atoms with Crippen molar-refractivity contribution >= 4 is 5.91 Å². The Labute approximate surface area is 283 Å². The topological polar surface area (TPSA) is 87.2 Å². The number of aliphatic hydroxyl groups is 1. The lowest BCUT2D eigenvalue weighted by Gasteiger charge is -2.39. The Balaban J connectivity index is 1.05. The van der Waals surface area contributed by atoms with Crippen molar-refractivity contribution in [1.29, 1.82) is 0 Å². The van der Waals surface area contributed by atoms with Crippen molar-refractivity contribution in [2.45, 2.75) is 69.8 Å². The Morgan fingerprint density at radius 1 is 0.833 bits per heavy atom. The predicted molar refractivity (Wildman–Crippen MR) is 186 cm³/mol. The molecule has 48 heavy (non-hydrogen) atoms. The van der Waals surface area contributed by atoms with Gasteiger partial charge in [-0.25, -0.2) is 0 Å². The number of hydrogen-bond donors (Lipinski definition) is 2. The molecule has 0 unspecified atom stereocenters. The van der Waals surface area contributed by atoms with E-state index in [-0.39, 0.29) is 24.7 Å². The summed E-state index contributed by atoms with van der Waals surface area (Å²) in [5.74, 6) is -0.141. The summed E-state index contributed by atoms with van der Waals surface area (Å²) in [4.78, 5) is 21.9. The molecule has 3 aliphatic rings. The van der Waals surface area contributed by atoms with Crippen molar-refractivity contribution in [2.24, 2.45) is 0 Å². The number of aromatic nitrogens is 1. The number of nitrogens with one attached hydrogen (secondary N) is 1. The van der Waals surface area contributed by atoms with E-state index >= 15 is 0 Å². The third kappa shape index (κ3) is 8.02. The van der Waals surface area contributed by atoms with E-state index in [1.807, 2.05) is 24.3 Å². The number of benzene rings is 3. The first-order valence-corrected chi connectivity index (χ1v) is 17.5. The Morgan fingerprint density at radius 3 is 2.42 bits per heavy atom. The standard InChI is InChI=1S/C40H46N4O4/c45-28-29-10-12-32(13-11-29)38-23-37(27-44-21-5-9-36(44)26-43-19-1-2-20-43)47-40(48-38)33-16-14-31(15-17-33)34-7-3-6-30(22-34)24-42-39(46)35-8-4-18-41-25-35/h3-4,6-8,10-18,22,25,36-38,40,45H,1-2,5,9,19-21,23-24,26-28H2,(H,42,46)/t36-,37-,38+,40+/m0/s1. The van der Waals surface area contributed by atoms with Crippen LogP contribution in [0.25, 0.3) is 11.1 Å². The van der Waals surface area contributed by atoms with Crippen LogP contribution in [0.4, 0.5) is 0 Å². The van der Waals surface area contributed by atoms with Crippen LogP contribution in [0.2, 0.25) is 0 Å². The lowest BCUT2D eigenvalue weighted by Crippen LogP contribution is -2.45. The highest BCUT2D eigenvalue weighted by Gasteiger charge is 2.36. The number of aliphatic hydroxyl groups excluding tert-OH is 1. The van der Waals surface area contributed by atoms with Gasteiger partial charge in [0, 0.05) is 50.1 Å². The highest BCUT2D eigenvalue weighted by molar-refractivity contribution is 5.93. The number of pyridine rings is 1. The van der Waals surface area contributed by atoms with Crippen molar-refractivity contribution in [3.05, 3.63) is 125 Å². The van der Waals surface area contributed by atoms with Gasteiger partial charge in [-0.3, -0.25) is 14.7 Å². The molecule has 8 nitrogen and oxygen atoms in total. The third-order valence-corrected chi connectivity index (χ3v) is 10.0. The van der Waals surface area contributed by atoms with Gasteiger partial charge in [-0.1, -0.05) is 66.7 Å². The first kappa shape index (κ1) is 32.6. The maximum absolute atomic E-state index is 12.5. The Morgan fingerprint density at radius 2 is 1.65 bits per heavy atom. The molecule has 3 saturated heterocycles. The molecule has 4 aromatic rings. The van der Waals surface area contributed by atoms with Crippen LogP contribution in [0.15, 0.2) is 97.3 Å². The molecule has 250 valence electrons. The van der Waals surface area contributed by atoms with E-state index in [9.17, 15) is 9.90 Å². The molecule has 1 amide bonds. The summed E-state index contributed by atoms with van der Waals surface area (Å²) in [6.07, 6.45) is 8.65. The monoisotopic (exact) mass is 646 g/mol. The largest absolute Gasteiger partial charge is 0.392 e. The molecule has 0 saturated carbocycles. The predicted octanol–water partition coefficient (Wildman–Crippen LogP) is 6.28. The average molecular weight is 647 g/mol. The van der Waals surface area contributed by atoms with E-state index in [0.717, 1.165) is 59.4 Å². The van der Waals surface area contributed by atoms with Crippen molar-refractivity contribution in [3.8, 4) is 11.1 Å². The quantitative estimate of drug-likeness (QED) is 0.199. The van der Waals surface area contributed by atoms with Crippen molar-refractivity contribution in [2.75, 3.05) is 32.7 Å². The fourth-order valence-electron chi connectivity index (χ4n) is 7.38. The average Bonchev–Trinajstić information content (AvgIpc) is 3.83. The second kappa shape index (κ2) is 15.5. The lowest BCUT2D eigenvalue weighted by atomic mass is 9.98. The van der Waals surface area contributed by atoms with Crippen LogP contribution in [0.5, 0.6) is 0 Å². The van der Waals surface area contributed by atoms with E-state index in [2.05, 4.69) is 68.6 Å². The van der Waals surface area contributed by atoms with Gasteiger partial charge in [-0.05, 0) is 91.3 Å². The number of likely N-dealkylation sites (tertiary alicyclic amines) is 2. The van der Waals surface area contributed by atoms with Gasteiger partial charge in [0.25, 0.3) is 5.91 Å². The fourth-order valence-corrected chi connectivity index (χ4v) is 7.38. The van der Waals surface area contributed by atoms with Crippen LogP contribution in [-0.2, 0) is 22.6 Å². The molecule has 2 N–H and O–H groups in total. The molecule has 8 heteroatoms. The smallest absolute Gasteiger partial charge is 0.253 e. The summed E-state index contributed by atoms with van der Waals surface area (Å²) < 4.78 is 13.4. The number of hydrogen-bond acceptors (Lipinski definition) is 7. The Kier molecular flexibility index (Phi) is 10.6. The van der Waals surface area contributed by atoms with Crippen LogP contribution < -0.4 is 5.32 Å². The second-order valence-corrected chi connectivity index (χ2v) is 13.4. The van der Waals surface area contributed by atoms with Gasteiger partial charge in [0.1, 0.15) is 0 Å². The van der Waals surface area contributed by atoms with Gasteiger partial charge >= 0.3 is 0 Å². The highest BCUT2D eigenvalue weighted by Crippen LogP contribution is 2.39. The molecule has 0 spiro atoms. The zero-order chi connectivity index (χ0) is 32.7. The van der Waals surface area contributed by atoms with E-state index in [1.54, 1.807) is 24.5 Å². The maximum atomic E-state index is 12.5. The summed E-state index contributed by atoms with van der Waals surface area (Å²) in [6.45, 7) is 6.12. The minimum Gasteiger partial charge on any atom is -0.392 e. The van der Waals surface area contributed by atoms with Crippen LogP contribution >= 0.6 is 0 Å². The molecule has 1 aromatic heterocycles. The molecule has 4 atom stereocenters. The van der Waals surface area contributed by atoms with E-state index in [0.29, 0.717) is 18.2 Å². The molecule has 4 heterocycles. The molecular weight excluding hydrogens is 600 g/mol. The zero-order valence-electron chi connectivity index (χ0n) is 27.5. The molecule has 3 fully saturated rings. The first-order chi connectivity index (χ1) is 23.6. The normalized spacial score (nSPS) is 23.4. The van der Waals surface area contributed by atoms with E-state index in [4.69, 9.17) is 9.47 Å². The fraction of sp³-hybridized carbons (Fsp3) is 0.400. The second-order valence-electron chi connectivity index (χ2n) is 13.4. The van der Waals surface area contributed by atoms with Gasteiger partial charge in [-0.2, -0.15) is 0 Å². The van der Waals surface area contributed by atoms with Gasteiger partial charge in [0.05, 0.1) is 24.4 Å². The summed E-state index contributed by atoms with van der Waals surface area (Å²) in [5.41, 5.74) is 6.75. The van der Waals surface area contributed by atoms with Crippen LogP contribution in [0.3, 0.4) is 0 Å². The molecule has 3 aliphatic heterocycles. The van der Waals surface area contributed by atoms with Gasteiger partial charge in [0.15, 0.2) is 6.29 Å². The number of ether oxygens (including phenoxy) is 2. The molecule has 3 aromatic carbocycles. The Hall–Kier alpha value is -3.92. The molecule has 0 aliphatic carbocycles. The Bertz CT molecular complexity index is 1630. The minimum atomic E-state index is -0.478. The van der Waals surface area contributed by atoms with Crippen LogP contribution in [0.1, 0.15) is 77.1 Å². The SMILES string of the molecule is O=C(NCc1cccc(-c2ccc([C@@H]3O[C@H](CN4CCC[C@H]4CN4CCCC4)C[C@H](c4ccc(CO)cc4)O3)cc2)c1)c1cccnc1. The van der Waals surface area contributed by atoms with Gasteiger partial charge < -0.3 is 24.8 Å². The number of rotatable bonds is 11. The van der Waals surface area contributed by atoms with E-state index in [1.165, 1.54) is 38.8 Å². The summed E-state index contributed by atoms with van der Waals surface area (Å²) in [5, 5.41) is 12.6. The van der Waals surface area contributed by atoms with Gasteiger partial charge in [-0.15, -0.1) is 0 Å². The van der Waals surface area contributed by atoms with Crippen molar-refractivity contribution in [3.63, 3.8) is 0 Å². The zero-order valence-corrected chi connectivity index (χ0v) is 27.5. The summed E-state index contributed by atoms with van der Waals surface area (Å²) in [7, 11) is 0. The first-order valence-electron chi connectivity index (χ1n) is 17.5.